The summed E-state index contributed by atoms with van der Waals surface area (Å²) in [6, 6.07) is 0. The third-order valence-electron chi connectivity index (χ3n) is 13.3. The standard InChI is InChI=1S/C68H116O6/c1-4-7-10-13-16-19-22-24-26-28-29-30-31-32-33-34-35-36-37-38-39-41-42-44-46-49-52-55-58-61-67(70)73-64-65(63-72-66(69)60-57-54-51-48-21-18-15-12-9-6-3)74-68(71)62-59-56-53-50-47-45-43-40-27-25-23-20-17-14-11-8-5-2/h7-8,10-12,15-17,19-20,24-27,29-30,65H,4-6,9,13-14,18,21-23,28,31-64H2,1-3H3/b10-7-,11-8-,15-12-,19-16-,20-17-,26-24-,27-25-,30-29-. The molecule has 0 aromatic carbocycles. The van der Waals surface area contributed by atoms with Crippen molar-refractivity contribution in [1.29, 1.82) is 0 Å². The van der Waals surface area contributed by atoms with Crippen LogP contribution in [-0.2, 0) is 28.6 Å². The average Bonchev–Trinajstić information content (AvgIpc) is 3.40. The molecule has 0 radical (unpaired) electrons. The predicted octanol–water partition coefficient (Wildman–Crippen LogP) is 21.3. The fourth-order valence-electron chi connectivity index (χ4n) is 8.69. The van der Waals surface area contributed by atoms with Gasteiger partial charge in [0.25, 0.3) is 0 Å². The largest absolute Gasteiger partial charge is 0.462 e. The zero-order chi connectivity index (χ0) is 53.6. The molecule has 0 aliphatic heterocycles. The highest BCUT2D eigenvalue weighted by atomic mass is 16.6. The van der Waals surface area contributed by atoms with Crippen LogP contribution in [0.25, 0.3) is 0 Å². The smallest absolute Gasteiger partial charge is 0.306 e. The second kappa shape index (κ2) is 61.9. The minimum Gasteiger partial charge on any atom is -0.462 e. The van der Waals surface area contributed by atoms with Gasteiger partial charge in [0.15, 0.2) is 6.10 Å². The number of ether oxygens (including phenoxy) is 3. The van der Waals surface area contributed by atoms with E-state index in [2.05, 4.69) is 118 Å². The highest BCUT2D eigenvalue weighted by Gasteiger charge is 2.19. The van der Waals surface area contributed by atoms with E-state index in [1.165, 1.54) is 135 Å². The van der Waals surface area contributed by atoms with Gasteiger partial charge in [-0.2, -0.15) is 0 Å². The lowest BCUT2D eigenvalue weighted by atomic mass is 10.0. The summed E-state index contributed by atoms with van der Waals surface area (Å²) < 4.78 is 16.9. The van der Waals surface area contributed by atoms with E-state index in [1.807, 2.05) is 0 Å². The SMILES string of the molecule is CC/C=C\C/C=C\C/C=C\C/C=C\CCCCCCCCCCCCCCCCCCC(=O)OCC(COC(=O)CCCCCCC/C=C\CCC)OC(=O)CCCCCCCCC/C=C\C/C=C\C/C=C\CC. The van der Waals surface area contributed by atoms with Crippen LogP contribution in [-0.4, -0.2) is 37.2 Å². The molecule has 0 saturated carbocycles. The van der Waals surface area contributed by atoms with Gasteiger partial charge in [-0.15, -0.1) is 0 Å². The maximum Gasteiger partial charge on any atom is 0.306 e. The summed E-state index contributed by atoms with van der Waals surface area (Å²) in [6.45, 7) is 6.36. The molecule has 0 rings (SSSR count). The Balaban J connectivity index is 4.18. The first-order chi connectivity index (χ1) is 36.5. The summed E-state index contributed by atoms with van der Waals surface area (Å²) in [6.07, 6.45) is 82.8. The van der Waals surface area contributed by atoms with Crippen LogP contribution in [0.3, 0.4) is 0 Å². The molecule has 0 heterocycles. The molecule has 0 fully saturated rings. The van der Waals surface area contributed by atoms with Gasteiger partial charge in [0.2, 0.25) is 0 Å². The lowest BCUT2D eigenvalue weighted by Crippen LogP contribution is -2.30. The highest BCUT2D eigenvalue weighted by Crippen LogP contribution is 2.16. The average molecular weight is 1030 g/mol. The van der Waals surface area contributed by atoms with Crippen LogP contribution in [0.15, 0.2) is 97.2 Å². The number of rotatable bonds is 56. The topological polar surface area (TPSA) is 78.9 Å². The first-order valence-corrected chi connectivity index (χ1v) is 31.2. The maximum absolute atomic E-state index is 12.9. The zero-order valence-corrected chi connectivity index (χ0v) is 48.6. The van der Waals surface area contributed by atoms with Gasteiger partial charge in [-0.25, -0.2) is 0 Å². The van der Waals surface area contributed by atoms with E-state index in [1.54, 1.807) is 0 Å². The van der Waals surface area contributed by atoms with Crippen molar-refractivity contribution < 1.29 is 28.6 Å². The summed E-state index contributed by atoms with van der Waals surface area (Å²) in [5, 5.41) is 0. The van der Waals surface area contributed by atoms with Gasteiger partial charge in [0.1, 0.15) is 13.2 Å². The van der Waals surface area contributed by atoms with Crippen LogP contribution in [0.2, 0.25) is 0 Å². The van der Waals surface area contributed by atoms with Crippen LogP contribution in [0, 0.1) is 0 Å². The lowest BCUT2D eigenvalue weighted by molar-refractivity contribution is -0.167. The number of carbonyl (C=O) groups is 3. The van der Waals surface area contributed by atoms with Crippen molar-refractivity contribution >= 4 is 17.9 Å². The number of hydrogen-bond acceptors (Lipinski definition) is 6. The highest BCUT2D eigenvalue weighted by molar-refractivity contribution is 5.71. The number of carbonyl (C=O) groups excluding carboxylic acids is 3. The van der Waals surface area contributed by atoms with Crippen molar-refractivity contribution in [2.24, 2.45) is 0 Å². The van der Waals surface area contributed by atoms with Gasteiger partial charge in [-0.05, 0) is 109 Å². The van der Waals surface area contributed by atoms with Crippen molar-refractivity contribution in [3.05, 3.63) is 97.2 Å². The molecule has 0 aliphatic carbocycles. The molecule has 1 atom stereocenters. The maximum atomic E-state index is 12.9. The Morgan fingerprint density at radius 3 is 0.838 bits per heavy atom. The fraction of sp³-hybridized carbons (Fsp3) is 0.721. The van der Waals surface area contributed by atoms with E-state index in [0.29, 0.717) is 19.3 Å². The molecule has 0 spiro atoms. The van der Waals surface area contributed by atoms with Gasteiger partial charge in [0, 0.05) is 19.3 Å². The summed E-state index contributed by atoms with van der Waals surface area (Å²) in [7, 11) is 0. The second-order valence-corrected chi connectivity index (χ2v) is 20.5. The zero-order valence-electron chi connectivity index (χ0n) is 48.6. The van der Waals surface area contributed by atoms with Crippen LogP contribution in [0.5, 0.6) is 0 Å². The molecule has 0 aromatic heterocycles. The summed E-state index contributed by atoms with van der Waals surface area (Å²) >= 11 is 0. The Morgan fingerprint density at radius 1 is 0.284 bits per heavy atom. The van der Waals surface area contributed by atoms with E-state index < -0.39 is 6.10 Å². The van der Waals surface area contributed by atoms with E-state index in [9.17, 15) is 14.4 Å². The van der Waals surface area contributed by atoms with Crippen molar-refractivity contribution in [2.75, 3.05) is 13.2 Å². The Morgan fingerprint density at radius 2 is 0.527 bits per heavy atom. The molecular formula is C68H116O6. The monoisotopic (exact) mass is 1030 g/mol. The van der Waals surface area contributed by atoms with Crippen LogP contribution < -0.4 is 0 Å². The van der Waals surface area contributed by atoms with E-state index in [0.717, 1.165) is 122 Å². The quantitative estimate of drug-likeness (QED) is 0.0261. The van der Waals surface area contributed by atoms with E-state index in [4.69, 9.17) is 14.2 Å². The van der Waals surface area contributed by atoms with Crippen LogP contribution in [0.4, 0.5) is 0 Å². The van der Waals surface area contributed by atoms with E-state index in [-0.39, 0.29) is 31.1 Å². The molecule has 0 N–H and O–H groups in total. The fourth-order valence-corrected chi connectivity index (χ4v) is 8.69. The normalized spacial score (nSPS) is 12.7. The van der Waals surface area contributed by atoms with Crippen molar-refractivity contribution in [2.45, 2.75) is 303 Å². The number of hydrogen-bond donors (Lipinski definition) is 0. The molecule has 0 aliphatic rings. The minimum atomic E-state index is -0.785. The van der Waals surface area contributed by atoms with Crippen molar-refractivity contribution in [3.63, 3.8) is 0 Å². The van der Waals surface area contributed by atoms with E-state index >= 15 is 0 Å². The summed E-state index contributed by atoms with van der Waals surface area (Å²) in [5.74, 6) is -0.896. The third-order valence-corrected chi connectivity index (χ3v) is 13.3. The lowest BCUT2D eigenvalue weighted by Gasteiger charge is -2.18. The third kappa shape index (κ3) is 59.2. The Labute approximate surface area is 457 Å². The minimum absolute atomic E-state index is 0.0825. The molecule has 0 amide bonds. The molecule has 1 unspecified atom stereocenters. The molecule has 424 valence electrons. The predicted molar refractivity (Wildman–Crippen MR) is 320 cm³/mol. The number of allylic oxidation sites excluding steroid dienone is 16. The molecule has 0 aromatic rings. The van der Waals surface area contributed by atoms with Gasteiger partial charge < -0.3 is 14.2 Å². The second-order valence-electron chi connectivity index (χ2n) is 20.5. The molecule has 74 heavy (non-hydrogen) atoms. The van der Waals surface area contributed by atoms with Crippen molar-refractivity contribution in [3.8, 4) is 0 Å². The summed E-state index contributed by atoms with van der Waals surface area (Å²) in [5.41, 5.74) is 0. The van der Waals surface area contributed by atoms with Crippen LogP contribution in [0.1, 0.15) is 297 Å². The number of unbranched alkanes of at least 4 members (excludes halogenated alkanes) is 29. The molecular weight excluding hydrogens is 913 g/mol. The van der Waals surface area contributed by atoms with Gasteiger partial charge in [-0.3, -0.25) is 14.4 Å². The molecule has 0 saturated heterocycles. The Hall–Kier alpha value is -3.67. The van der Waals surface area contributed by atoms with Crippen LogP contribution >= 0.6 is 0 Å². The van der Waals surface area contributed by atoms with Gasteiger partial charge in [-0.1, -0.05) is 266 Å². The molecule has 6 nitrogen and oxygen atoms in total. The summed E-state index contributed by atoms with van der Waals surface area (Å²) in [4.78, 5) is 38.2. The number of esters is 3. The Kier molecular flexibility index (Phi) is 58.8. The Bertz CT molecular complexity index is 1460. The van der Waals surface area contributed by atoms with Crippen molar-refractivity contribution in [1.82, 2.24) is 0 Å². The van der Waals surface area contributed by atoms with Gasteiger partial charge >= 0.3 is 17.9 Å². The van der Waals surface area contributed by atoms with Gasteiger partial charge in [0.05, 0.1) is 0 Å². The molecule has 0 bridgehead atoms. The first kappa shape index (κ1) is 70.3. The first-order valence-electron chi connectivity index (χ1n) is 31.2. The molecule has 6 heteroatoms.